The maximum Gasteiger partial charge on any atom is 0.317 e. The second-order valence-electron chi connectivity index (χ2n) is 5.79. The summed E-state index contributed by atoms with van der Waals surface area (Å²) in [4.78, 5) is 25.0. The van der Waals surface area contributed by atoms with Crippen LogP contribution in [0.25, 0.3) is 0 Å². The Hall–Kier alpha value is -2.24. The van der Waals surface area contributed by atoms with Gasteiger partial charge in [-0.05, 0) is 30.5 Å². The first-order chi connectivity index (χ1) is 11.1. The van der Waals surface area contributed by atoms with Crippen molar-refractivity contribution in [2.24, 2.45) is 0 Å². The van der Waals surface area contributed by atoms with Gasteiger partial charge in [0.15, 0.2) is 0 Å². The summed E-state index contributed by atoms with van der Waals surface area (Å²) in [6, 6.07) is 7.71. The Morgan fingerprint density at radius 2 is 2.22 bits per heavy atom. The molecule has 0 saturated carbocycles. The van der Waals surface area contributed by atoms with Crippen molar-refractivity contribution >= 4 is 11.9 Å². The third kappa shape index (κ3) is 5.47. The van der Waals surface area contributed by atoms with E-state index in [0.29, 0.717) is 26.2 Å². The molecule has 0 bridgehead atoms. The van der Waals surface area contributed by atoms with Crippen LogP contribution < -0.4 is 15.4 Å². The molecule has 2 N–H and O–H groups in total. The number of carbonyl (C=O) groups excluding carboxylic acids is 2. The number of hydrogen-bond donors (Lipinski definition) is 2. The molecule has 1 fully saturated rings. The van der Waals surface area contributed by atoms with Gasteiger partial charge in [0.25, 0.3) is 0 Å². The van der Waals surface area contributed by atoms with Crippen LogP contribution in [0.1, 0.15) is 32.3 Å². The first kappa shape index (κ1) is 17.1. The fourth-order valence-electron chi connectivity index (χ4n) is 2.60. The van der Waals surface area contributed by atoms with E-state index in [2.05, 4.69) is 17.6 Å². The van der Waals surface area contributed by atoms with E-state index in [0.717, 1.165) is 24.2 Å². The summed E-state index contributed by atoms with van der Waals surface area (Å²) in [5.41, 5.74) is 1.00. The van der Waals surface area contributed by atoms with Crippen molar-refractivity contribution in [3.8, 4) is 5.75 Å². The molecular weight excluding hydrogens is 294 g/mol. The molecular formula is C17H25N3O3. The molecule has 6 nitrogen and oxygen atoms in total. The number of hydrogen-bond acceptors (Lipinski definition) is 3. The lowest BCUT2D eigenvalue weighted by atomic mass is 10.2. The average molecular weight is 319 g/mol. The topological polar surface area (TPSA) is 70.7 Å². The van der Waals surface area contributed by atoms with Gasteiger partial charge < -0.3 is 20.3 Å². The molecule has 6 heteroatoms. The predicted molar refractivity (Wildman–Crippen MR) is 88.3 cm³/mol. The second kappa shape index (κ2) is 8.41. The Balaban J connectivity index is 1.79. The molecule has 1 aromatic carbocycles. The third-order valence-electron chi connectivity index (χ3n) is 3.70. The first-order valence-corrected chi connectivity index (χ1v) is 8.10. The molecule has 0 aliphatic carbocycles. The number of amides is 3. The van der Waals surface area contributed by atoms with Crippen molar-refractivity contribution in [3.05, 3.63) is 29.8 Å². The molecule has 1 saturated heterocycles. The van der Waals surface area contributed by atoms with Gasteiger partial charge in [-0.1, -0.05) is 19.1 Å². The molecule has 3 amide bonds. The SMILES string of the molecule is CCCOc1cccc(CNC(=O)N2CC[C@H](NC(C)=O)C2)c1. The summed E-state index contributed by atoms with van der Waals surface area (Å²) in [6.45, 7) is 5.93. The number of carbonyl (C=O) groups is 2. The fourth-order valence-corrected chi connectivity index (χ4v) is 2.60. The zero-order chi connectivity index (χ0) is 16.7. The van der Waals surface area contributed by atoms with E-state index in [-0.39, 0.29) is 18.0 Å². The monoisotopic (exact) mass is 319 g/mol. The molecule has 0 unspecified atom stereocenters. The van der Waals surface area contributed by atoms with Crippen molar-refractivity contribution in [2.75, 3.05) is 19.7 Å². The molecule has 23 heavy (non-hydrogen) atoms. The van der Waals surface area contributed by atoms with Gasteiger partial charge in [0.2, 0.25) is 5.91 Å². The van der Waals surface area contributed by atoms with Crippen LogP contribution in [0.3, 0.4) is 0 Å². The van der Waals surface area contributed by atoms with Gasteiger partial charge >= 0.3 is 6.03 Å². The highest BCUT2D eigenvalue weighted by molar-refractivity contribution is 5.75. The number of benzene rings is 1. The van der Waals surface area contributed by atoms with Crippen LogP contribution in [-0.2, 0) is 11.3 Å². The molecule has 126 valence electrons. The summed E-state index contributed by atoms with van der Waals surface area (Å²) in [6.07, 6.45) is 1.76. The predicted octanol–water partition coefficient (Wildman–Crippen LogP) is 1.90. The number of ether oxygens (including phenoxy) is 1. The van der Waals surface area contributed by atoms with E-state index >= 15 is 0 Å². The van der Waals surface area contributed by atoms with Crippen molar-refractivity contribution in [3.63, 3.8) is 0 Å². The Labute approximate surface area is 137 Å². The smallest absolute Gasteiger partial charge is 0.317 e. The summed E-state index contributed by atoms with van der Waals surface area (Å²) >= 11 is 0. The standard InChI is InChI=1S/C17H25N3O3/c1-3-9-23-16-6-4-5-14(10-16)11-18-17(22)20-8-7-15(12-20)19-13(2)21/h4-6,10,15H,3,7-9,11-12H2,1-2H3,(H,18,22)(H,19,21)/t15-/m0/s1. The van der Waals surface area contributed by atoms with Crippen LogP contribution in [0.15, 0.2) is 24.3 Å². The minimum atomic E-state index is -0.0993. The molecule has 0 radical (unpaired) electrons. The van der Waals surface area contributed by atoms with Gasteiger partial charge in [-0.15, -0.1) is 0 Å². The largest absolute Gasteiger partial charge is 0.494 e. The lowest BCUT2D eigenvalue weighted by Gasteiger charge is -2.18. The molecule has 1 aromatic rings. The zero-order valence-electron chi connectivity index (χ0n) is 13.8. The zero-order valence-corrected chi connectivity index (χ0v) is 13.8. The summed E-state index contributed by atoms with van der Waals surface area (Å²) < 4.78 is 5.59. The highest BCUT2D eigenvalue weighted by Crippen LogP contribution is 2.14. The molecule has 0 spiro atoms. The lowest BCUT2D eigenvalue weighted by molar-refractivity contribution is -0.119. The van der Waals surface area contributed by atoms with E-state index in [1.807, 2.05) is 24.3 Å². The lowest BCUT2D eigenvalue weighted by Crippen LogP contribution is -2.41. The minimum absolute atomic E-state index is 0.0545. The summed E-state index contributed by atoms with van der Waals surface area (Å²) in [5, 5.41) is 5.77. The molecule has 1 atom stereocenters. The van der Waals surface area contributed by atoms with Crippen LogP contribution in [0, 0.1) is 0 Å². The van der Waals surface area contributed by atoms with Crippen molar-refractivity contribution in [2.45, 2.75) is 39.3 Å². The maximum absolute atomic E-state index is 12.2. The average Bonchev–Trinajstić information content (AvgIpc) is 2.99. The maximum atomic E-state index is 12.2. The highest BCUT2D eigenvalue weighted by Gasteiger charge is 2.26. The summed E-state index contributed by atoms with van der Waals surface area (Å²) in [5.74, 6) is 0.770. The van der Waals surface area contributed by atoms with E-state index in [1.165, 1.54) is 6.92 Å². The number of nitrogens with zero attached hydrogens (tertiary/aromatic N) is 1. The van der Waals surface area contributed by atoms with Crippen LogP contribution >= 0.6 is 0 Å². The minimum Gasteiger partial charge on any atom is -0.494 e. The molecule has 1 heterocycles. The van der Waals surface area contributed by atoms with E-state index in [9.17, 15) is 9.59 Å². The van der Waals surface area contributed by atoms with Gasteiger partial charge in [0, 0.05) is 32.6 Å². The molecule has 2 rings (SSSR count). The Kier molecular flexibility index (Phi) is 6.26. The third-order valence-corrected chi connectivity index (χ3v) is 3.70. The number of rotatable bonds is 6. The van der Waals surface area contributed by atoms with Crippen LogP contribution in [0.4, 0.5) is 4.79 Å². The van der Waals surface area contributed by atoms with Crippen molar-refractivity contribution in [1.82, 2.24) is 15.5 Å². The van der Waals surface area contributed by atoms with Crippen molar-refractivity contribution < 1.29 is 14.3 Å². The van der Waals surface area contributed by atoms with Gasteiger partial charge in [0.05, 0.1) is 6.61 Å². The van der Waals surface area contributed by atoms with Gasteiger partial charge in [-0.25, -0.2) is 4.79 Å². The van der Waals surface area contributed by atoms with Crippen LogP contribution in [0.5, 0.6) is 5.75 Å². The molecule has 0 aromatic heterocycles. The van der Waals surface area contributed by atoms with Gasteiger partial charge in [0.1, 0.15) is 5.75 Å². The Bertz CT molecular complexity index is 548. The van der Waals surface area contributed by atoms with Crippen molar-refractivity contribution in [1.29, 1.82) is 0 Å². The van der Waals surface area contributed by atoms with Crippen LogP contribution in [-0.4, -0.2) is 42.6 Å². The Morgan fingerprint density at radius 3 is 2.96 bits per heavy atom. The molecule has 1 aliphatic heterocycles. The number of nitrogens with one attached hydrogen (secondary N) is 2. The number of likely N-dealkylation sites (tertiary alicyclic amines) is 1. The van der Waals surface area contributed by atoms with E-state index in [1.54, 1.807) is 4.90 Å². The first-order valence-electron chi connectivity index (χ1n) is 8.10. The highest BCUT2D eigenvalue weighted by atomic mass is 16.5. The van der Waals surface area contributed by atoms with E-state index in [4.69, 9.17) is 4.74 Å². The normalized spacial score (nSPS) is 17.0. The van der Waals surface area contributed by atoms with E-state index < -0.39 is 0 Å². The van der Waals surface area contributed by atoms with Gasteiger partial charge in [-0.3, -0.25) is 4.79 Å². The van der Waals surface area contributed by atoms with Gasteiger partial charge in [-0.2, -0.15) is 0 Å². The number of urea groups is 1. The fraction of sp³-hybridized carbons (Fsp3) is 0.529. The second-order valence-corrected chi connectivity index (χ2v) is 5.79. The van der Waals surface area contributed by atoms with Crippen LogP contribution in [0.2, 0.25) is 0 Å². The summed E-state index contributed by atoms with van der Waals surface area (Å²) in [7, 11) is 0. The molecule has 1 aliphatic rings. The quantitative estimate of drug-likeness (QED) is 0.841. The Morgan fingerprint density at radius 1 is 1.39 bits per heavy atom.